The Morgan fingerprint density at radius 1 is 1.36 bits per heavy atom. The lowest BCUT2D eigenvalue weighted by Gasteiger charge is -2.03. The van der Waals surface area contributed by atoms with Crippen molar-refractivity contribution >= 4 is 28.3 Å². The zero-order chi connectivity index (χ0) is 16.3. The predicted octanol–water partition coefficient (Wildman–Crippen LogP) is 3.80. The molecule has 5 nitrogen and oxygen atoms in total. The molecule has 0 atom stereocenters. The average molecular weight is 318 g/mol. The minimum atomic E-state index is -1.04. The lowest BCUT2D eigenvalue weighted by molar-refractivity contribution is -0.116. The van der Waals surface area contributed by atoms with Crippen molar-refractivity contribution in [1.29, 1.82) is 0 Å². The van der Waals surface area contributed by atoms with Gasteiger partial charge in [-0.1, -0.05) is 48.9 Å². The van der Waals surface area contributed by atoms with Gasteiger partial charge in [0.25, 0.3) is 0 Å². The van der Waals surface area contributed by atoms with Crippen LogP contribution >= 0.6 is 11.3 Å². The van der Waals surface area contributed by atoms with Gasteiger partial charge in [-0.15, -0.1) is 0 Å². The van der Waals surface area contributed by atoms with Gasteiger partial charge in [-0.2, -0.15) is 0 Å². The smallest absolute Gasteiger partial charge is 0.348 e. The van der Waals surface area contributed by atoms with Gasteiger partial charge in [0.2, 0.25) is 5.91 Å². The summed E-state index contributed by atoms with van der Waals surface area (Å²) in [6, 6.07) is 7.48. The van der Waals surface area contributed by atoms with Gasteiger partial charge in [0.1, 0.15) is 4.88 Å². The Hall–Kier alpha value is -2.21. The topological polar surface area (TPSA) is 79.3 Å². The molecule has 0 spiro atoms. The summed E-state index contributed by atoms with van der Waals surface area (Å²) in [7, 11) is 0. The minimum absolute atomic E-state index is 0.130. The lowest BCUT2D eigenvalue weighted by atomic mass is 10.1. The number of thiazole rings is 1. The first-order valence-electron chi connectivity index (χ1n) is 6.98. The van der Waals surface area contributed by atoms with Crippen LogP contribution in [0.15, 0.2) is 24.3 Å². The van der Waals surface area contributed by atoms with Crippen LogP contribution in [-0.2, 0) is 4.79 Å². The number of nitrogens with one attached hydrogen (secondary N) is 1. The van der Waals surface area contributed by atoms with Crippen LogP contribution in [0.25, 0.3) is 11.3 Å². The molecule has 0 aliphatic rings. The molecule has 22 heavy (non-hydrogen) atoms. The third-order valence-corrected chi connectivity index (χ3v) is 3.91. The van der Waals surface area contributed by atoms with E-state index in [4.69, 9.17) is 0 Å². The molecule has 0 saturated heterocycles. The van der Waals surface area contributed by atoms with E-state index >= 15 is 0 Å². The fraction of sp³-hybridized carbons (Fsp3) is 0.312. The summed E-state index contributed by atoms with van der Waals surface area (Å²) >= 11 is 0.981. The van der Waals surface area contributed by atoms with Crippen LogP contribution in [0.1, 0.15) is 35.5 Å². The number of aromatic nitrogens is 1. The number of carbonyl (C=O) groups is 2. The van der Waals surface area contributed by atoms with Crippen molar-refractivity contribution in [2.45, 2.75) is 27.2 Å². The predicted molar refractivity (Wildman–Crippen MR) is 87.3 cm³/mol. The second-order valence-corrected chi connectivity index (χ2v) is 6.52. The third kappa shape index (κ3) is 3.92. The van der Waals surface area contributed by atoms with Crippen LogP contribution in [0.4, 0.5) is 5.13 Å². The number of anilines is 1. The van der Waals surface area contributed by atoms with E-state index in [-0.39, 0.29) is 16.7 Å². The summed E-state index contributed by atoms with van der Waals surface area (Å²) in [5.41, 5.74) is 2.14. The summed E-state index contributed by atoms with van der Waals surface area (Å²) < 4.78 is 0. The van der Waals surface area contributed by atoms with Crippen LogP contribution in [0.2, 0.25) is 0 Å². The van der Waals surface area contributed by atoms with Crippen molar-refractivity contribution < 1.29 is 14.7 Å². The molecule has 2 aromatic rings. The molecule has 1 amide bonds. The zero-order valence-electron chi connectivity index (χ0n) is 12.7. The lowest BCUT2D eigenvalue weighted by Crippen LogP contribution is -2.13. The average Bonchev–Trinajstić information content (AvgIpc) is 2.81. The van der Waals surface area contributed by atoms with Gasteiger partial charge in [0.15, 0.2) is 5.13 Å². The number of nitrogens with zero attached hydrogens (tertiary/aromatic N) is 1. The molecular weight excluding hydrogens is 300 g/mol. The molecule has 2 N–H and O–H groups in total. The molecule has 1 aromatic heterocycles. The number of hydrogen-bond acceptors (Lipinski definition) is 4. The first-order chi connectivity index (χ1) is 10.4. The highest BCUT2D eigenvalue weighted by molar-refractivity contribution is 7.18. The van der Waals surface area contributed by atoms with Crippen LogP contribution in [0.5, 0.6) is 0 Å². The van der Waals surface area contributed by atoms with Gasteiger partial charge in [-0.25, -0.2) is 9.78 Å². The molecule has 1 aromatic carbocycles. The van der Waals surface area contributed by atoms with Crippen molar-refractivity contribution in [2.24, 2.45) is 5.92 Å². The van der Waals surface area contributed by atoms with Crippen molar-refractivity contribution in [3.05, 3.63) is 34.7 Å². The molecule has 0 fully saturated rings. The summed E-state index contributed by atoms with van der Waals surface area (Å²) in [6.45, 7) is 5.83. The first-order valence-corrected chi connectivity index (χ1v) is 7.79. The van der Waals surface area contributed by atoms with Gasteiger partial charge in [0, 0.05) is 12.0 Å². The number of hydrogen-bond donors (Lipinski definition) is 2. The summed E-state index contributed by atoms with van der Waals surface area (Å²) in [5.74, 6) is -0.968. The Morgan fingerprint density at radius 3 is 2.68 bits per heavy atom. The number of aryl methyl sites for hydroxylation is 1. The third-order valence-electron chi connectivity index (χ3n) is 2.95. The quantitative estimate of drug-likeness (QED) is 0.878. The number of benzene rings is 1. The van der Waals surface area contributed by atoms with E-state index in [0.29, 0.717) is 17.2 Å². The number of carboxylic acids is 1. The molecule has 2 rings (SSSR count). The van der Waals surface area contributed by atoms with Crippen molar-refractivity contribution in [2.75, 3.05) is 5.32 Å². The van der Waals surface area contributed by atoms with Crippen molar-refractivity contribution in [1.82, 2.24) is 4.98 Å². The molecule has 0 radical (unpaired) electrons. The van der Waals surface area contributed by atoms with Gasteiger partial charge in [-0.3, -0.25) is 4.79 Å². The molecular formula is C16H18N2O3S. The Balaban J connectivity index is 2.34. The first kappa shape index (κ1) is 16.2. The normalized spacial score (nSPS) is 10.7. The molecule has 0 aliphatic carbocycles. The minimum Gasteiger partial charge on any atom is -0.477 e. The Labute approximate surface area is 133 Å². The largest absolute Gasteiger partial charge is 0.477 e. The van der Waals surface area contributed by atoms with Crippen LogP contribution in [-0.4, -0.2) is 22.0 Å². The number of amides is 1. The maximum Gasteiger partial charge on any atom is 0.348 e. The van der Waals surface area contributed by atoms with E-state index < -0.39 is 5.97 Å². The molecule has 0 aliphatic heterocycles. The highest BCUT2D eigenvalue weighted by atomic mass is 32.1. The Morgan fingerprint density at radius 2 is 2.09 bits per heavy atom. The van der Waals surface area contributed by atoms with Crippen LogP contribution in [0.3, 0.4) is 0 Å². The number of aromatic carboxylic acids is 1. The highest BCUT2D eigenvalue weighted by Gasteiger charge is 2.20. The standard InChI is InChI=1S/C16H18N2O3S/c1-9(2)7-12(19)17-16-18-13(14(22-16)15(20)21)11-6-4-5-10(3)8-11/h4-6,8-9H,7H2,1-3H3,(H,20,21)(H,17,18,19). The second kappa shape index (κ2) is 6.70. The van der Waals surface area contributed by atoms with E-state index in [0.717, 1.165) is 22.5 Å². The van der Waals surface area contributed by atoms with Gasteiger partial charge < -0.3 is 10.4 Å². The maximum absolute atomic E-state index is 11.8. The van der Waals surface area contributed by atoms with E-state index in [1.165, 1.54) is 0 Å². The monoisotopic (exact) mass is 318 g/mol. The van der Waals surface area contributed by atoms with E-state index in [1.54, 1.807) is 0 Å². The summed E-state index contributed by atoms with van der Waals surface area (Å²) in [6.07, 6.45) is 0.377. The van der Waals surface area contributed by atoms with Gasteiger partial charge >= 0.3 is 5.97 Å². The molecule has 0 saturated carbocycles. The summed E-state index contributed by atoms with van der Waals surface area (Å²) in [4.78, 5) is 27.7. The highest BCUT2D eigenvalue weighted by Crippen LogP contribution is 2.31. The van der Waals surface area contributed by atoms with Crippen molar-refractivity contribution in [3.8, 4) is 11.3 Å². The van der Waals surface area contributed by atoms with Gasteiger partial charge in [-0.05, 0) is 18.9 Å². The maximum atomic E-state index is 11.8. The molecule has 0 unspecified atom stereocenters. The molecule has 0 bridgehead atoms. The number of rotatable bonds is 5. The number of carboxylic acid groups (broad SMARTS) is 1. The Kier molecular flexibility index (Phi) is 4.92. The molecule has 116 valence electrons. The molecule has 1 heterocycles. The van der Waals surface area contributed by atoms with Crippen LogP contribution < -0.4 is 5.32 Å². The zero-order valence-corrected chi connectivity index (χ0v) is 13.5. The fourth-order valence-corrected chi connectivity index (χ4v) is 2.89. The van der Waals surface area contributed by atoms with E-state index in [1.807, 2.05) is 45.0 Å². The molecule has 6 heteroatoms. The summed E-state index contributed by atoms with van der Waals surface area (Å²) in [5, 5.41) is 12.3. The Bertz CT molecular complexity index is 707. The fourth-order valence-electron chi connectivity index (χ4n) is 2.05. The van der Waals surface area contributed by atoms with E-state index in [9.17, 15) is 14.7 Å². The SMILES string of the molecule is Cc1cccc(-c2nc(NC(=O)CC(C)C)sc2C(=O)O)c1. The van der Waals surface area contributed by atoms with Crippen molar-refractivity contribution in [3.63, 3.8) is 0 Å². The van der Waals surface area contributed by atoms with E-state index in [2.05, 4.69) is 10.3 Å². The second-order valence-electron chi connectivity index (χ2n) is 5.52. The van der Waals surface area contributed by atoms with Gasteiger partial charge in [0.05, 0.1) is 5.69 Å². The number of carbonyl (C=O) groups excluding carboxylic acids is 1. The van der Waals surface area contributed by atoms with Crippen LogP contribution in [0, 0.1) is 12.8 Å².